The number of unbranched alkanes of at least 4 members (excludes halogenated alkanes) is 1. The van der Waals surface area contributed by atoms with Gasteiger partial charge < -0.3 is 9.64 Å². The Bertz CT molecular complexity index is 401. The van der Waals surface area contributed by atoms with Crippen LogP contribution < -0.4 is 0 Å². The maximum atomic E-state index is 12.2. The molecule has 0 aliphatic heterocycles. The molecule has 0 spiro atoms. The molecule has 0 unspecified atom stereocenters. The maximum absolute atomic E-state index is 12.2. The van der Waals surface area contributed by atoms with Crippen LogP contribution in [0.1, 0.15) is 39.2 Å². The van der Waals surface area contributed by atoms with E-state index in [0.717, 1.165) is 18.4 Å². The van der Waals surface area contributed by atoms with E-state index in [9.17, 15) is 4.79 Å². The van der Waals surface area contributed by atoms with Gasteiger partial charge in [-0.25, -0.2) is 4.79 Å². The van der Waals surface area contributed by atoms with Crippen LogP contribution in [0.3, 0.4) is 0 Å². The van der Waals surface area contributed by atoms with E-state index in [-0.39, 0.29) is 11.6 Å². The first kappa shape index (κ1) is 16.8. The second-order valence-corrected chi connectivity index (χ2v) is 6.14. The Labute approximate surface area is 126 Å². The van der Waals surface area contributed by atoms with Crippen molar-refractivity contribution >= 4 is 17.7 Å². The summed E-state index contributed by atoms with van der Waals surface area (Å²) in [6, 6.07) is 9.71. The normalized spacial score (nSPS) is 11.2. The van der Waals surface area contributed by atoms with Gasteiger partial charge in [0.05, 0.1) is 0 Å². The second kappa shape index (κ2) is 8.15. The van der Waals surface area contributed by atoms with Crippen LogP contribution in [0.4, 0.5) is 4.79 Å². The fourth-order valence-corrected chi connectivity index (χ4v) is 2.05. The van der Waals surface area contributed by atoms with Crippen molar-refractivity contribution in [2.24, 2.45) is 0 Å². The molecule has 1 rings (SSSR count). The first-order valence-corrected chi connectivity index (χ1v) is 7.53. The predicted molar refractivity (Wildman–Crippen MR) is 83.0 cm³/mol. The van der Waals surface area contributed by atoms with Crippen molar-refractivity contribution in [1.29, 1.82) is 0 Å². The molecule has 0 bridgehead atoms. The van der Waals surface area contributed by atoms with Gasteiger partial charge in [-0.1, -0.05) is 30.3 Å². The zero-order valence-corrected chi connectivity index (χ0v) is 13.3. The van der Waals surface area contributed by atoms with E-state index in [2.05, 4.69) is 0 Å². The van der Waals surface area contributed by atoms with Gasteiger partial charge in [0.25, 0.3) is 0 Å². The number of ether oxygens (including phenoxy) is 1. The molecule has 1 amide bonds. The van der Waals surface area contributed by atoms with Crippen LogP contribution in [0.25, 0.3) is 0 Å². The molecule has 0 aliphatic carbocycles. The summed E-state index contributed by atoms with van der Waals surface area (Å²) in [5, 5.41) is 0. The van der Waals surface area contributed by atoms with Crippen LogP contribution in [-0.2, 0) is 11.3 Å². The molecule has 0 radical (unpaired) electrons. The van der Waals surface area contributed by atoms with Crippen LogP contribution in [0.2, 0.25) is 0 Å². The number of hydrogen-bond donors (Lipinski definition) is 0. The van der Waals surface area contributed by atoms with Gasteiger partial charge in [0.15, 0.2) is 0 Å². The molecule has 112 valence electrons. The largest absolute Gasteiger partial charge is 0.445 e. The van der Waals surface area contributed by atoms with Gasteiger partial charge in [0, 0.05) is 18.0 Å². The fourth-order valence-electron chi connectivity index (χ4n) is 1.86. The van der Waals surface area contributed by atoms with Crippen LogP contribution >= 0.6 is 11.6 Å². The van der Waals surface area contributed by atoms with Gasteiger partial charge in [0.2, 0.25) is 0 Å². The lowest BCUT2D eigenvalue weighted by molar-refractivity contribution is 0.0621. The third-order valence-electron chi connectivity index (χ3n) is 3.00. The number of benzene rings is 1. The molecule has 1 aromatic carbocycles. The number of rotatable bonds is 6. The Morgan fingerprint density at radius 1 is 1.20 bits per heavy atom. The molecular weight excluding hydrogens is 274 g/mol. The van der Waals surface area contributed by atoms with E-state index in [4.69, 9.17) is 16.3 Å². The van der Waals surface area contributed by atoms with Crippen LogP contribution in [0.5, 0.6) is 0 Å². The molecule has 3 nitrogen and oxygen atoms in total. The van der Waals surface area contributed by atoms with E-state index in [1.54, 1.807) is 4.90 Å². The summed E-state index contributed by atoms with van der Waals surface area (Å²) < 4.78 is 5.40. The predicted octanol–water partition coefficient (Wildman–Crippen LogP) is 4.44. The number of carbonyl (C=O) groups excluding carboxylic acids is 1. The lowest BCUT2D eigenvalue weighted by Gasteiger charge is -2.34. The Morgan fingerprint density at radius 3 is 2.40 bits per heavy atom. The van der Waals surface area contributed by atoms with Gasteiger partial charge in [-0.3, -0.25) is 0 Å². The number of halogens is 1. The number of carbonyl (C=O) groups is 1. The molecule has 0 fully saturated rings. The Balaban J connectivity index is 2.55. The SMILES string of the molecule is CC(C)(C)N(CCCCCl)C(=O)OCc1ccccc1. The van der Waals surface area contributed by atoms with Gasteiger partial charge in [-0.15, -0.1) is 11.6 Å². The number of hydrogen-bond acceptors (Lipinski definition) is 2. The fraction of sp³-hybridized carbons (Fsp3) is 0.562. The molecule has 0 N–H and O–H groups in total. The van der Waals surface area contributed by atoms with Gasteiger partial charge >= 0.3 is 6.09 Å². The van der Waals surface area contributed by atoms with Crippen LogP contribution in [0.15, 0.2) is 30.3 Å². The van der Waals surface area contributed by atoms with Crippen LogP contribution in [-0.4, -0.2) is 29.0 Å². The maximum Gasteiger partial charge on any atom is 0.410 e. The molecule has 0 heterocycles. The van der Waals surface area contributed by atoms with E-state index in [1.807, 2.05) is 51.1 Å². The summed E-state index contributed by atoms with van der Waals surface area (Å²) in [6.45, 7) is 7.01. The van der Waals surface area contributed by atoms with Crippen molar-refractivity contribution in [2.45, 2.75) is 45.8 Å². The number of alkyl halides is 1. The van der Waals surface area contributed by atoms with Crippen molar-refractivity contribution in [1.82, 2.24) is 4.90 Å². The molecule has 0 saturated heterocycles. The smallest absolute Gasteiger partial charge is 0.410 e. The molecule has 20 heavy (non-hydrogen) atoms. The summed E-state index contributed by atoms with van der Waals surface area (Å²) in [6.07, 6.45) is 1.53. The van der Waals surface area contributed by atoms with E-state index >= 15 is 0 Å². The summed E-state index contributed by atoms with van der Waals surface area (Å²) in [5.41, 5.74) is 0.746. The first-order chi connectivity index (χ1) is 9.45. The Kier molecular flexibility index (Phi) is 6.86. The monoisotopic (exact) mass is 297 g/mol. The molecule has 0 aromatic heterocycles. The summed E-state index contributed by atoms with van der Waals surface area (Å²) in [4.78, 5) is 14.0. The number of amides is 1. The van der Waals surface area contributed by atoms with Crippen molar-refractivity contribution in [3.63, 3.8) is 0 Å². The lowest BCUT2D eigenvalue weighted by atomic mass is 10.1. The molecule has 4 heteroatoms. The highest BCUT2D eigenvalue weighted by Gasteiger charge is 2.27. The molecule has 0 saturated carbocycles. The minimum Gasteiger partial charge on any atom is -0.445 e. The Hall–Kier alpha value is -1.22. The van der Waals surface area contributed by atoms with E-state index < -0.39 is 0 Å². The average molecular weight is 298 g/mol. The van der Waals surface area contributed by atoms with E-state index in [0.29, 0.717) is 19.0 Å². The van der Waals surface area contributed by atoms with Gasteiger partial charge in [-0.05, 0) is 39.2 Å². The summed E-state index contributed by atoms with van der Waals surface area (Å²) in [7, 11) is 0. The highest BCUT2D eigenvalue weighted by Crippen LogP contribution is 2.16. The topological polar surface area (TPSA) is 29.5 Å². The molecule has 0 aliphatic rings. The van der Waals surface area contributed by atoms with Gasteiger partial charge in [-0.2, -0.15) is 0 Å². The zero-order chi connectivity index (χ0) is 15.0. The highest BCUT2D eigenvalue weighted by molar-refractivity contribution is 6.17. The quantitative estimate of drug-likeness (QED) is 0.574. The minimum absolute atomic E-state index is 0.250. The van der Waals surface area contributed by atoms with Crippen molar-refractivity contribution in [2.75, 3.05) is 12.4 Å². The Morgan fingerprint density at radius 2 is 1.85 bits per heavy atom. The highest BCUT2D eigenvalue weighted by atomic mass is 35.5. The first-order valence-electron chi connectivity index (χ1n) is 6.99. The minimum atomic E-state index is -0.268. The molecule has 1 aromatic rings. The van der Waals surface area contributed by atoms with Crippen LogP contribution in [0, 0.1) is 0 Å². The lowest BCUT2D eigenvalue weighted by Crippen LogP contribution is -2.46. The average Bonchev–Trinajstić information content (AvgIpc) is 2.41. The second-order valence-electron chi connectivity index (χ2n) is 5.76. The van der Waals surface area contributed by atoms with E-state index in [1.165, 1.54) is 0 Å². The summed E-state index contributed by atoms with van der Waals surface area (Å²) in [5.74, 6) is 0.622. The molecule has 0 atom stereocenters. The van der Waals surface area contributed by atoms with Crippen molar-refractivity contribution in [3.05, 3.63) is 35.9 Å². The van der Waals surface area contributed by atoms with Gasteiger partial charge in [0.1, 0.15) is 6.61 Å². The third-order valence-corrected chi connectivity index (χ3v) is 3.27. The third kappa shape index (κ3) is 5.83. The summed E-state index contributed by atoms with van der Waals surface area (Å²) >= 11 is 5.69. The standard InChI is InChI=1S/C16H24ClNO2/c1-16(2,3)18(12-8-7-11-17)15(19)20-13-14-9-5-4-6-10-14/h4-6,9-10H,7-8,11-13H2,1-3H3. The zero-order valence-electron chi connectivity index (χ0n) is 12.6. The van der Waals surface area contributed by atoms with Crippen molar-refractivity contribution < 1.29 is 9.53 Å². The number of nitrogens with zero attached hydrogens (tertiary/aromatic N) is 1. The molecular formula is C16H24ClNO2. The van der Waals surface area contributed by atoms with Crippen molar-refractivity contribution in [3.8, 4) is 0 Å².